The second-order valence-corrected chi connectivity index (χ2v) is 7.20. The number of pyridine rings is 1. The third-order valence-corrected chi connectivity index (χ3v) is 5.02. The Morgan fingerprint density at radius 1 is 1.12 bits per heavy atom. The fourth-order valence-corrected chi connectivity index (χ4v) is 3.59. The first-order valence-electron chi connectivity index (χ1n) is 8.45. The van der Waals surface area contributed by atoms with Crippen molar-refractivity contribution >= 4 is 34.3 Å². The summed E-state index contributed by atoms with van der Waals surface area (Å²) in [5.41, 5.74) is 1.73. The molecule has 0 fully saturated rings. The van der Waals surface area contributed by atoms with Gasteiger partial charge in [0.15, 0.2) is 0 Å². The average Bonchev–Trinajstić information content (AvgIpc) is 2.69. The lowest BCUT2D eigenvalue weighted by Crippen LogP contribution is -2.37. The minimum absolute atomic E-state index is 0.0218. The molecule has 1 aromatic heterocycles. The van der Waals surface area contributed by atoms with Crippen molar-refractivity contribution < 1.29 is 4.79 Å². The molecule has 5 heteroatoms. The van der Waals surface area contributed by atoms with E-state index in [0.29, 0.717) is 13.0 Å². The van der Waals surface area contributed by atoms with E-state index in [0.717, 1.165) is 21.6 Å². The van der Waals surface area contributed by atoms with E-state index in [1.165, 1.54) is 11.8 Å². The highest BCUT2D eigenvalue weighted by Crippen LogP contribution is 2.26. The van der Waals surface area contributed by atoms with Crippen molar-refractivity contribution in [2.24, 2.45) is 0 Å². The van der Waals surface area contributed by atoms with Gasteiger partial charge in [0.05, 0.1) is 28.3 Å². The third kappa shape index (κ3) is 4.22. The van der Waals surface area contributed by atoms with E-state index in [2.05, 4.69) is 11.1 Å². The van der Waals surface area contributed by atoms with E-state index in [9.17, 15) is 4.79 Å². The highest BCUT2D eigenvalue weighted by molar-refractivity contribution is 8.00. The Balaban J connectivity index is 1.78. The van der Waals surface area contributed by atoms with Gasteiger partial charge in [-0.25, -0.2) is 4.98 Å². The van der Waals surface area contributed by atoms with E-state index in [-0.39, 0.29) is 11.2 Å². The van der Waals surface area contributed by atoms with Gasteiger partial charge in [-0.05, 0) is 31.2 Å². The molecule has 0 bridgehead atoms. The molecule has 26 heavy (non-hydrogen) atoms. The van der Waals surface area contributed by atoms with Crippen LogP contribution in [0.4, 0.5) is 5.69 Å². The number of nitrogens with zero attached hydrogens (tertiary/aromatic N) is 3. The first kappa shape index (κ1) is 18.0. The monoisotopic (exact) mass is 361 g/mol. The van der Waals surface area contributed by atoms with Gasteiger partial charge in [0.1, 0.15) is 0 Å². The van der Waals surface area contributed by atoms with Gasteiger partial charge in [0, 0.05) is 17.6 Å². The molecule has 0 aliphatic carbocycles. The maximum absolute atomic E-state index is 13.0. The van der Waals surface area contributed by atoms with Crippen molar-refractivity contribution in [2.75, 3.05) is 11.4 Å². The Kier molecular flexibility index (Phi) is 5.88. The van der Waals surface area contributed by atoms with Gasteiger partial charge >= 0.3 is 0 Å². The largest absolute Gasteiger partial charge is 0.310 e. The van der Waals surface area contributed by atoms with Crippen LogP contribution >= 0.6 is 11.8 Å². The van der Waals surface area contributed by atoms with Crippen LogP contribution in [0.2, 0.25) is 0 Å². The molecular weight excluding hydrogens is 342 g/mol. The zero-order valence-electron chi connectivity index (χ0n) is 14.5. The molecule has 0 radical (unpaired) electrons. The fraction of sp³-hybridized carbons (Fsp3) is 0.190. The number of carbonyl (C=O) groups excluding carboxylic acids is 1. The average molecular weight is 361 g/mol. The smallest absolute Gasteiger partial charge is 0.240 e. The van der Waals surface area contributed by atoms with E-state index in [1.807, 2.05) is 73.7 Å². The summed E-state index contributed by atoms with van der Waals surface area (Å²) in [5.74, 6) is -0.0218. The highest BCUT2D eigenvalue weighted by Gasteiger charge is 2.23. The number of para-hydroxylation sites is 2. The summed E-state index contributed by atoms with van der Waals surface area (Å²) in [6.07, 6.45) is 0.298. The summed E-state index contributed by atoms with van der Waals surface area (Å²) < 4.78 is 0. The van der Waals surface area contributed by atoms with Crippen molar-refractivity contribution in [1.82, 2.24) is 4.98 Å². The van der Waals surface area contributed by atoms with E-state index in [4.69, 9.17) is 5.26 Å². The molecule has 0 aliphatic rings. The van der Waals surface area contributed by atoms with E-state index >= 15 is 0 Å². The Morgan fingerprint density at radius 2 is 1.85 bits per heavy atom. The molecule has 3 aromatic rings. The lowest BCUT2D eigenvalue weighted by Gasteiger charge is -2.24. The Bertz CT molecular complexity index is 937. The van der Waals surface area contributed by atoms with Gasteiger partial charge in [-0.1, -0.05) is 54.2 Å². The Morgan fingerprint density at radius 3 is 2.62 bits per heavy atom. The molecule has 1 atom stereocenters. The molecule has 0 saturated heterocycles. The zero-order chi connectivity index (χ0) is 18.4. The number of rotatable bonds is 6. The maximum Gasteiger partial charge on any atom is 0.240 e. The molecule has 130 valence electrons. The molecule has 1 heterocycles. The number of thioether (sulfide) groups is 1. The fourth-order valence-electron chi connectivity index (χ4n) is 2.70. The first-order chi connectivity index (χ1) is 12.7. The summed E-state index contributed by atoms with van der Waals surface area (Å²) in [4.78, 5) is 19.3. The number of fused-ring (bicyclic) bond motifs is 1. The second-order valence-electron chi connectivity index (χ2n) is 5.84. The van der Waals surface area contributed by atoms with E-state index < -0.39 is 0 Å². The number of carbonyl (C=O) groups is 1. The van der Waals surface area contributed by atoms with Crippen LogP contribution in [0.1, 0.15) is 13.3 Å². The highest BCUT2D eigenvalue weighted by atomic mass is 32.2. The summed E-state index contributed by atoms with van der Waals surface area (Å²) >= 11 is 1.44. The van der Waals surface area contributed by atoms with Crippen LogP contribution in [-0.2, 0) is 4.79 Å². The topological polar surface area (TPSA) is 57.0 Å². The lowest BCUT2D eigenvalue weighted by atomic mass is 10.2. The summed E-state index contributed by atoms with van der Waals surface area (Å²) in [5, 5.41) is 10.5. The van der Waals surface area contributed by atoms with Crippen LogP contribution in [0.3, 0.4) is 0 Å². The van der Waals surface area contributed by atoms with Crippen molar-refractivity contribution in [3.8, 4) is 6.07 Å². The summed E-state index contributed by atoms with van der Waals surface area (Å²) in [6.45, 7) is 2.27. The minimum atomic E-state index is -0.303. The van der Waals surface area contributed by atoms with Gasteiger partial charge < -0.3 is 4.90 Å². The molecule has 0 spiro atoms. The zero-order valence-corrected chi connectivity index (χ0v) is 15.3. The number of anilines is 1. The van der Waals surface area contributed by atoms with Crippen LogP contribution in [0.25, 0.3) is 10.9 Å². The molecule has 0 N–H and O–H groups in total. The van der Waals surface area contributed by atoms with Crippen molar-refractivity contribution in [2.45, 2.75) is 23.6 Å². The maximum atomic E-state index is 13.0. The summed E-state index contributed by atoms with van der Waals surface area (Å²) in [7, 11) is 0. The number of amides is 1. The Hall–Kier alpha value is -2.84. The molecule has 0 aliphatic heterocycles. The van der Waals surface area contributed by atoms with Crippen LogP contribution in [0.15, 0.2) is 71.8 Å². The van der Waals surface area contributed by atoms with Crippen molar-refractivity contribution in [3.05, 3.63) is 66.7 Å². The Labute approximate surface area is 157 Å². The van der Waals surface area contributed by atoms with Gasteiger partial charge in [-0.15, -0.1) is 0 Å². The SMILES string of the molecule is CC(Sc1ccc2ccccc2n1)C(=O)N(CCC#N)c1ccccc1. The summed E-state index contributed by atoms with van der Waals surface area (Å²) in [6, 6.07) is 23.5. The van der Waals surface area contributed by atoms with Crippen LogP contribution in [0.5, 0.6) is 0 Å². The number of aromatic nitrogens is 1. The van der Waals surface area contributed by atoms with Crippen LogP contribution in [0, 0.1) is 11.3 Å². The molecule has 2 aromatic carbocycles. The predicted octanol–water partition coefficient (Wildman–Crippen LogP) is 4.66. The van der Waals surface area contributed by atoms with Gasteiger partial charge in [-0.3, -0.25) is 4.79 Å². The molecule has 3 rings (SSSR count). The number of benzene rings is 2. The minimum Gasteiger partial charge on any atom is -0.310 e. The lowest BCUT2D eigenvalue weighted by molar-refractivity contribution is -0.117. The van der Waals surface area contributed by atoms with Gasteiger partial charge in [0.25, 0.3) is 0 Å². The van der Waals surface area contributed by atoms with Crippen molar-refractivity contribution in [1.29, 1.82) is 5.26 Å². The van der Waals surface area contributed by atoms with Crippen molar-refractivity contribution in [3.63, 3.8) is 0 Å². The molecule has 4 nitrogen and oxygen atoms in total. The predicted molar refractivity (Wildman–Crippen MR) is 106 cm³/mol. The standard InChI is InChI=1S/C21H19N3OS/c1-16(26-20-13-12-17-8-5-6-11-19(17)23-20)21(25)24(15-7-14-22)18-9-3-2-4-10-18/h2-6,8-13,16H,7,15H2,1H3. The molecule has 0 saturated carbocycles. The molecule has 1 amide bonds. The second kappa shape index (κ2) is 8.50. The van der Waals surface area contributed by atoms with Crippen LogP contribution in [-0.4, -0.2) is 22.7 Å². The quantitative estimate of drug-likeness (QED) is 0.599. The molecule has 1 unspecified atom stereocenters. The van der Waals surface area contributed by atoms with Gasteiger partial charge in [0.2, 0.25) is 5.91 Å². The normalized spacial score (nSPS) is 11.7. The van der Waals surface area contributed by atoms with Gasteiger partial charge in [-0.2, -0.15) is 5.26 Å². The third-order valence-electron chi connectivity index (χ3n) is 4.00. The molecular formula is C21H19N3OS. The van der Waals surface area contributed by atoms with Crippen LogP contribution < -0.4 is 4.90 Å². The number of hydrogen-bond acceptors (Lipinski definition) is 4. The first-order valence-corrected chi connectivity index (χ1v) is 9.33. The number of nitriles is 1. The van der Waals surface area contributed by atoms with E-state index in [1.54, 1.807) is 4.90 Å². The number of hydrogen-bond donors (Lipinski definition) is 0.